The fourth-order valence-corrected chi connectivity index (χ4v) is 4.36. The van der Waals surface area contributed by atoms with Crippen molar-refractivity contribution in [2.45, 2.75) is 31.6 Å². The van der Waals surface area contributed by atoms with Crippen LogP contribution in [0.5, 0.6) is 0 Å². The first-order valence-corrected chi connectivity index (χ1v) is 8.16. The minimum atomic E-state index is 0.0290. The first kappa shape index (κ1) is 13.1. The highest BCUT2D eigenvalue weighted by atomic mass is 79.9. The summed E-state index contributed by atoms with van der Waals surface area (Å²) in [5, 5.41) is 0. The summed E-state index contributed by atoms with van der Waals surface area (Å²) in [6.07, 6.45) is 3.59. The Hall–Kier alpha value is 0.0600. The summed E-state index contributed by atoms with van der Waals surface area (Å²) in [4.78, 5) is 4.05. The lowest BCUT2D eigenvalue weighted by atomic mass is 10.2. The molecule has 18 heavy (non-hydrogen) atoms. The Labute approximate surface area is 120 Å². The molecule has 0 saturated carbocycles. The van der Waals surface area contributed by atoms with E-state index in [1.54, 1.807) is 0 Å². The highest BCUT2D eigenvalue weighted by molar-refractivity contribution is 9.11. The van der Waals surface area contributed by atoms with E-state index in [2.05, 4.69) is 33.0 Å². The van der Waals surface area contributed by atoms with Crippen LogP contribution in [0.3, 0.4) is 0 Å². The van der Waals surface area contributed by atoms with Crippen LogP contribution < -0.4 is 0 Å². The van der Waals surface area contributed by atoms with E-state index in [1.165, 1.54) is 28.0 Å². The van der Waals surface area contributed by atoms with Gasteiger partial charge in [0.2, 0.25) is 0 Å². The number of halogens is 1. The van der Waals surface area contributed by atoms with Gasteiger partial charge in [-0.3, -0.25) is 4.90 Å². The van der Waals surface area contributed by atoms with E-state index < -0.39 is 0 Å². The van der Waals surface area contributed by atoms with Crippen molar-refractivity contribution in [3.8, 4) is 0 Å². The molecule has 2 aliphatic heterocycles. The third-order valence-electron chi connectivity index (χ3n) is 3.63. The van der Waals surface area contributed by atoms with Gasteiger partial charge in [-0.2, -0.15) is 0 Å². The molecule has 0 bridgehead atoms. The number of hydrogen-bond acceptors (Lipinski definition) is 4. The maximum absolute atomic E-state index is 5.50. The summed E-state index contributed by atoms with van der Waals surface area (Å²) in [7, 11) is 0. The van der Waals surface area contributed by atoms with E-state index in [9.17, 15) is 0 Å². The second-order valence-corrected chi connectivity index (χ2v) is 7.29. The minimum Gasteiger partial charge on any atom is -0.350 e. The molecule has 0 aliphatic carbocycles. The van der Waals surface area contributed by atoms with Crippen LogP contribution in [0.25, 0.3) is 0 Å². The highest BCUT2D eigenvalue weighted by Crippen LogP contribution is 2.37. The second kappa shape index (κ2) is 6.01. The van der Waals surface area contributed by atoms with Gasteiger partial charge < -0.3 is 9.47 Å². The highest BCUT2D eigenvalue weighted by Gasteiger charge is 2.28. The molecule has 3 rings (SSSR count). The maximum Gasteiger partial charge on any atom is 0.159 e. The van der Waals surface area contributed by atoms with Gasteiger partial charge in [0.05, 0.1) is 17.0 Å². The van der Waals surface area contributed by atoms with Gasteiger partial charge in [0, 0.05) is 23.9 Å². The van der Waals surface area contributed by atoms with E-state index in [1.807, 2.05) is 11.3 Å². The van der Waals surface area contributed by atoms with Crippen LogP contribution in [0, 0.1) is 0 Å². The van der Waals surface area contributed by atoms with Gasteiger partial charge >= 0.3 is 0 Å². The van der Waals surface area contributed by atoms with E-state index >= 15 is 0 Å². The van der Waals surface area contributed by atoms with Crippen LogP contribution in [-0.4, -0.2) is 37.5 Å². The van der Waals surface area contributed by atoms with Gasteiger partial charge in [-0.15, -0.1) is 11.3 Å². The summed E-state index contributed by atoms with van der Waals surface area (Å²) in [6.45, 7) is 3.79. The van der Waals surface area contributed by atoms with Gasteiger partial charge in [-0.25, -0.2) is 0 Å². The molecule has 2 aliphatic rings. The molecule has 0 amide bonds. The topological polar surface area (TPSA) is 21.7 Å². The average molecular weight is 332 g/mol. The van der Waals surface area contributed by atoms with Gasteiger partial charge in [0.1, 0.15) is 0 Å². The predicted octanol–water partition coefficient (Wildman–Crippen LogP) is 3.41. The van der Waals surface area contributed by atoms with Crippen LogP contribution in [0.15, 0.2) is 15.9 Å². The summed E-state index contributed by atoms with van der Waals surface area (Å²) in [5.74, 6) is 0. The molecule has 2 fully saturated rings. The van der Waals surface area contributed by atoms with Crippen molar-refractivity contribution in [3.05, 3.63) is 20.8 Å². The summed E-state index contributed by atoms with van der Waals surface area (Å²) in [6, 6.07) is 5.00. The number of ether oxygens (including phenoxy) is 2. The van der Waals surface area contributed by atoms with Crippen LogP contribution >= 0.6 is 27.3 Å². The van der Waals surface area contributed by atoms with Crippen molar-refractivity contribution in [1.29, 1.82) is 0 Å². The molecule has 3 heterocycles. The Morgan fingerprint density at radius 1 is 1.33 bits per heavy atom. The molecule has 0 unspecified atom stereocenters. The molecule has 1 atom stereocenters. The fraction of sp³-hybridized carbons (Fsp3) is 0.692. The molecule has 100 valence electrons. The molecule has 3 nitrogen and oxygen atoms in total. The van der Waals surface area contributed by atoms with Crippen molar-refractivity contribution in [3.63, 3.8) is 0 Å². The largest absolute Gasteiger partial charge is 0.350 e. The Bertz CT molecular complexity index is 392. The zero-order valence-electron chi connectivity index (χ0n) is 10.3. The lowest BCUT2D eigenvalue weighted by Gasteiger charge is -2.24. The number of nitrogens with zero attached hydrogens (tertiary/aromatic N) is 1. The third kappa shape index (κ3) is 2.96. The lowest BCUT2D eigenvalue weighted by Crippen LogP contribution is -2.27. The van der Waals surface area contributed by atoms with Crippen LogP contribution in [0.4, 0.5) is 0 Å². The zero-order chi connectivity index (χ0) is 12.4. The van der Waals surface area contributed by atoms with Gasteiger partial charge in [-0.1, -0.05) is 0 Å². The zero-order valence-corrected chi connectivity index (χ0v) is 12.7. The molecule has 0 N–H and O–H groups in total. The van der Waals surface area contributed by atoms with Gasteiger partial charge in [-0.05, 0) is 47.4 Å². The van der Waals surface area contributed by atoms with Gasteiger partial charge in [0.25, 0.3) is 0 Å². The van der Waals surface area contributed by atoms with Crippen LogP contribution in [0.1, 0.15) is 30.2 Å². The van der Waals surface area contributed by atoms with Crippen molar-refractivity contribution in [2.75, 3.05) is 26.3 Å². The van der Waals surface area contributed by atoms with E-state index in [0.29, 0.717) is 6.04 Å². The summed E-state index contributed by atoms with van der Waals surface area (Å²) in [5.41, 5.74) is 0. The third-order valence-corrected chi connectivity index (χ3v) is 5.35. The normalized spacial score (nSPS) is 26.2. The molecule has 2 saturated heterocycles. The summed E-state index contributed by atoms with van der Waals surface area (Å²) < 4.78 is 12.2. The monoisotopic (exact) mass is 331 g/mol. The smallest absolute Gasteiger partial charge is 0.159 e. The van der Waals surface area contributed by atoms with Crippen molar-refractivity contribution < 1.29 is 9.47 Å². The van der Waals surface area contributed by atoms with E-state index in [-0.39, 0.29) is 6.29 Å². The predicted molar refractivity (Wildman–Crippen MR) is 75.9 cm³/mol. The Morgan fingerprint density at radius 2 is 2.17 bits per heavy atom. The number of thiophene rings is 1. The number of likely N-dealkylation sites (tertiary alicyclic amines) is 1. The van der Waals surface area contributed by atoms with Crippen molar-refractivity contribution >= 4 is 27.3 Å². The first-order chi connectivity index (χ1) is 8.83. The molecule has 5 heteroatoms. The number of hydrogen-bond donors (Lipinski definition) is 0. The Balaban J connectivity index is 1.57. The molecule has 0 aromatic carbocycles. The minimum absolute atomic E-state index is 0.0290. The maximum atomic E-state index is 5.50. The van der Waals surface area contributed by atoms with E-state index in [0.717, 1.165) is 26.2 Å². The molecular formula is C13H18BrNO2S. The fourth-order valence-electron chi connectivity index (χ4n) is 2.77. The Morgan fingerprint density at radius 3 is 2.89 bits per heavy atom. The molecule has 1 aromatic heterocycles. The van der Waals surface area contributed by atoms with Crippen molar-refractivity contribution in [1.82, 2.24) is 4.90 Å². The quantitative estimate of drug-likeness (QED) is 0.843. The van der Waals surface area contributed by atoms with Crippen molar-refractivity contribution in [2.24, 2.45) is 0 Å². The second-order valence-electron chi connectivity index (χ2n) is 4.80. The van der Waals surface area contributed by atoms with E-state index in [4.69, 9.17) is 9.47 Å². The molecular weight excluding hydrogens is 314 g/mol. The SMILES string of the molecule is Brc1ccc([C@H]2CCCN2CCC2OCCO2)s1. The van der Waals surface area contributed by atoms with Gasteiger partial charge in [0.15, 0.2) is 6.29 Å². The first-order valence-electron chi connectivity index (χ1n) is 6.55. The average Bonchev–Trinajstić information content (AvgIpc) is 3.07. The Kier molecular flexibility index (Phi) is 4.36. The van der Waals surface area contributed by atoms with Crippen LogP contribution in [0.2, 0.25) is 0 Å². The standard InChI is InChI=1S/C13H18BrNO2S/c14-12-4-3-11(18-12)10-2-1-6-15(10)7-5-13-16-8-9-17-13/h3-4,10,13H,1-2,5-9H2/t10-/m1/s1. The molecule has 0 spiro atoms. The summed E-state index contributed by atoms with van der Waals surface area (Å²) >= 11 is 5.41. The van der Waals surface area contributed by atoms with Crippen LogP contribution in [-0.2, 0) is 9.47 Å². The number of rotatable bonds is 4. The molecule has 0 radical (unpaired) electrons. The molecule has 1 aromatic rings. The lowest BCUT2D eigenvalue weighted by molar-refractivity contribution is -0.0520.